The molecule has 4 aromatic heterocycles. The van der Waals surface area contributed by atoms with E-state index in [-0.39, 0.29) is 47.1 Å². The molecule has 0 spiro atoms. The Morgan fingerprint density at radius 1 is 1.02 bits per heavy atom. The third kappa shape index (κ3) is 5.52. The van der Waals surface area contributed by atoms with Crippen LogP contribution in [0, 0.1) is 0 Å². The Morgan fingerprint density at radius 2 is 1.77 bits per heavy atom. The standard InChI is InChI=1S/C18H21FN12O8P2S3/c19-8-11-7(37-17(8)30-13-9(26-28-30)12(20)22-4-23-13)3-34-40(33,42)38-6-1-5(2-35-41(43,44)39-11)36-16(6)31-14-10(27-29-31)15(32)25-18(21)24-14/h4-8,11,16-17H,1-3H2,(H,33,42)(H,43,44)(H2,20,22,23)(H3,21,24,25,32)/t5-,6-,7+,8-,11+,16+,17+,40?/m0/s1. The van der Waals surface area contributed by atoms with Crippen LogP contribution in [-0.2, 0) is 51.2 Å². The van der Waals surface area contributed by atoms with Gasteiger partial charge in [-0.3, -0.25) is 9.78 Å². The largest absolute Gasteiger partial charge is 0.382 e. The van der Waals surface area contributed by atoms with Crippen molar-refractivity contribution in [3.63, 3.8) is 0 Å². The van der Waals surface area contributed by atoms with Crippen molar-refractivity contribution in [3.8, 4) is 0 Å². The molecular weight excluding hydrogens is 689 g/mol. The molecule has 6 N–H and O–H groups in total. The average Bonchev–Trinajstić information content (AvgIpc) is 3.72. The zero-order valence-electron chi connectivity index (χ0n) is 21.8. The van der Waals surface area contributed by atoms with Crippen molar-refractivity contribution < 1.29 is 36.9 Å². The van der Waals surface area contributed by atoms with E-state index in [9.17, 15) is 9.69 Å². The molecule has 3 aliphatic heterocycles. The van der Waals surface area contributed by atoms with Crippen molar-refractivity contribution in [3.05, 3.63) is 16.7 Å². The van der Waals surface area contributed by atoms with Gasteiger partial charge in [-0.2, -0.15) is 14.3 Å². The number of nitrogens with two attached hydrogens (primary N) is 2. The maximum absolute atomic E-state index is 16.0. The van der Waals surface area contributed by atoms with Crippen molar-refractivity contribution >= 4 is 82.4 Å². The number of thiol groups is 1. The van der Waals surface area contributed by atoms with E-state index in [0.717, 1.165) is 4.68 Å². The summed E-state index contributed by atoms with van der Waals surface area (Å²) in [6, 6.07) is 0. The molecule has 2 bridgehead atoms. The highest BCUT2D eigenvalue weighted by Gasteiger charge is 2.51. The summed E-state index contributed by atoms with van der Waals surface area (Å²) in [5, 5.41) is 15.7. The maximum atomic E-state index is 16.0. The summed E-state index contributed by atoms with van der Waals surface area (Å²) in [6.45, 7) is -4.75. The molecule has 20 nitrogen and oxygen atoms in total. The number of aromatic nitrogens is 10. The van der Waals surface area contributed by atoms with Crippen LogP contribution >= 0.6 is 24.7 Å². The Hall–Kier alpha value is -2.34. The minimum atomic E-state index is -4.07. The smallest absolute Gasteiger partial charge is 0.325 e. The topological polar surface area (TPSA) is 261 Å². The van der Waals surface area contributed by atoms with Crippen molar-refractivity contribution in [2.75, 3.05) is 24.7 Å². The van der Waals surface area contributed by atoms with Gasteiger partial charge in [0.25, 0.3) is 5.56 Å². The Morgan fingerprint density at radius 3 is 2.57 bits per heavy atom. The van der Waals surface area contributed by atoms with E-state index in [4.69, 9.17) is 62.6 Å². The molecule has 236 valence electrons. The van der Waals surface area contributed by atoms with E-state index in [1.165, 1.54) is 11.0 Å². The first-order valence-corrected chi connectivity index (χ1v) is 19.0. The van der Waals surface area contributed by atoms with Crippen molar-refractivity contribution in [2.45, 2.75) is 49.5 Å². The molecule has 0 saturated carbocycles. The third-order valence-corrected chi connectivity index (χ3v) is 10.7. The number of nitrogens with zero attached hydrogens (tertiary/aromatic N) is 9. The average molecular weight is 711 g/mol. The fourth-order valence-corrected chi connectivity index (χ4v) is 8.42. The highest BCUT2D eigenvalue weighted by Crippen LogP contribution is 2.58. The molecular formula is C18H21FN12O8P2S3. The Labute approximate surface area is 259 Å². The first kappa shape index (κ1) is 30.3. The number of hydrogen-bond acceptors (Lipinski definition) is 18. The summed E-state index contributed by atoms with van der Waals surface area (Å²) >= 11 is 15.2. The first-order valence-electron chi connectivity index (χ1n) is 12.6. The van der Waals surface area contributed by atoms with Gasteiger partial charge < -0.3 is 43.9 Å². The van der Waals surface area contributed by atoms with Gasteiger partial charge in [-0.15, -0.1) is 10.2 Å². The summed E-state index contributed by atoms with van der Waals surface area (Å²) in [4.78, 5) is 37.7. The van der Waals surface area contributed by atoms with E-state index >= 15 is 4.39 Å². The number of hydrogen-bond donors (Lipinski definition) is 5. The fourth-order valence-electron chi connectivity index (χ4n) is 5.00. The van der Waals surface area contributed by atoms with Gasteiger partial charge in [-0.05, 0) is 23.6 Å². The van der Waals surface area contributed by atoms with Crippen LogP contribution in [-0.4, -0.2) is 98.6 Å². The number of nitrogen functional groups attached to an aromatic ring is 2. The summed E-state index contributed by atoms with van der Waals surface area (Å²) < 4.78 is 53.4. The van der Waals surface area contributed by atoms with Gasteiger partial charge in [0.05, 0.1) is 19.3 Å². The lowest BCUT2D eigenvalue weighted by molar-refractivity contribution is -0.0624. The zero-order chi connectivity index (χ0) is 31.0. The first-order chi connectivity index (χ1) is 20.9. The van der Waals surface area contributed by atoms with Crippen LogP contribution in [0.3, 0.4) is 0 Å². The minimum absolute atomic E-state index is 0.00257. The van der Waals surface area contributed by atoms with Crippen molar-refractivity contribution in [1.82, 2.24) is 49.9 Å². The third-order valence-electron chi connectivity index (χ3n) is 6.89. The molecule has 7 rings (SSSR count). The number of fused-ring (bicyclic) bond motifs is 5. The lowest BCUT2D eigenvalue weighted by Gasteiger charge is -2.27. The van der Waals surface area contributed by atoms with E-state index in [0.29, 0.717) is 0 Å². The maximum Gasteiger partial charge on any atom is 0.325 e. The monoisotopic (exact) mass is 710 g/mol. The van der Waals surface area contributed by atoms with Crippen LogP contribution in [0.5, 0.6) is 0 Å². The SMILES string of the molecule is Nc1nc2c(nnn2[C@@H]2O[C@@H]3COP(=S)(S)O[C@H]4[C@H](F)[C@H](n5nnc6c(N)ncnc65)O[C@@H]4COP(O)(=S)O[C@H]2C3)c(=O)[nH]1. The van der Waals surface area contributed by atoms with Crippen molar-refractivity contribution in [1.29, 1.82) is 0 Å². The van der Waals surface area contributed by atoms with Crippen LogP contribution in [0.15, 0.2) is 11.1 Å². The van der Waals surface area contributed by atoms with E-state index < -0.39 is 67.6 Å². The quantitative estimate of drug-likeness (QED) is 0.131. The van der Waals surface area contributed by atoms with Crippen LogP contribution in [0.25, 0.3) is 22.3 Å². The molecule has 3 aliphatic rings. The normalized spacial score (nSPS) is 36.6. The molecule has 0 aliphatic carbocycles. The molecule has 4 aromatic rings. The second-order valence-corrected chi connectivity index (χ2v) is 17.8. The molecule has 2 unspecified atom stereocenters. The predicted molar refractivity (Wildman–Crippen MR) is 157 cm³/mol. The number of halogens is 1. The Kier molecular flexibility index (Phi) is 7.70. The van der Waals surface area contributed by atoms with Gasteiger partial charge in [0, 0.05) is 6.42 Å². The minimum Gasteiger partial charge on any atom is -0.382 e. The molecule has 0 amide bonds. The lowest BCUT2D eigenvalue weighted by Crippen LogP contribution is -2.34. The molecule has 3 fully saturated rings. The molecule has 0 aromatic carbocycles. The molecule has 26 heteroatoms. The van der Waals surface area contributed by atoms with Gasteiger partial charge in [0.15, 0.2) is 46.8 Å². The van der Waals surface area contributed by atoms with Crippen LogP contribution < -0.4 is 17.0 Å². The highest BCUT2D eigenvalue weighted by molar-refractivity contribution is 8.60. The van der Waals surface area contributed by atoms with Crippen molar-refractivity contribution in [2.24, 2.45) is 0 Å². The Bertz CT molecular complexity index is 1920. The van der Waals surface area contributed by atoms with E-state index in [1.54, 1.807) is 0 Å². The Balaban J connectivity index is 1.19. The number of nitrogens with one attached hydrogen (secondary N) is 1. The molecule has 7 heterocycles. The van der Waals surface area contributed by atoms with Crippen LogP contribution in [0.1, 0.15) is 18.9 Å². The summed E-state index contributed by atoms with van der Waals surface area (Å²) in [7, 11) is 0. The van der Waals surface area contributed by atoms with Gasteiger partial charge in [0.2, 0.25) is 11.6 Å². The van der Waals surface area contributed by atoms with E-state index in [1.807, 2.05) is 0 Å². The van der Waals surface area contributed by atoms with Crippen LogP contribution in [0.2, 0.25) is 0 Å². The van der Waals surface area contributed by atoms with E-state index in [2.05, 4.69) is 52.8 Å². The highest BCUT2D eigenvalue weighted by atomic mass is 32.9. The molecule has 44 heavy (non-hydrogen) atoms. The number of H-pyrrole nitrogens is 1. The lowest BCUT2D eigenvalue weighted by atomic mass is 10.1. The van der Waals surface area contributed by atoms with Gasteiger partial charge in [-0.25, -0.2) is 14.4 Å². The number of ether oxygens (including phenoxy) is 2. The molecule has 9 atom stereocenters. The second kappa shape index (κ2) is 11.2. The molecule has 0 radical (unpaired) electrons. The van der Waals surface area contributed by atoms with Gasteiger partial charge in [0.1, 0.15) is 24.6 Å². The summed E-state index contributed by atoms with van der Waals surface area (Å²) in [5.41, 5.74) is 7.60. The number of anilines is 2. The van der Waals surface area contributed by atoms with Gasteiger partial charge in [-0.1, -0.05) is 22.7 Å². The number of rotatable bonds is 2. The second-order valence-electron chi connectivity index (χ2n) is 9.76. The summed E-state index contributed by atoms with van der Waals surface area (Å²) in [5.74, 6) is -0.147. The summed E-state index contributed by atoms with van der Waals surface area (Å²) in [6.07, 6.45) is -7.52. The predicted octanol–water partition coefficient (Wildman–Crippen LogP) is -0.375. The van der Waals surface area contributed by atoms with Crippen LogP contribution in [0.4, 0.5) is 16.2 Å². The number of alkyl halides is 1. The zero-order valence-corrected chi connectivity index (χ0v) is 26.1. The fraction of sp³-hybridized carbons (Fsp3) is 0.556. The molecule has 3 saturated heterocycles. The van der Waals surface area contributed by atoms with Gasteiger partial charge >= 0.3 is 6.72 Å². The number of aromatic amines is 1.